The van der Waals surface area contributed by atoms with Crippen molar-refractivity contribution >= 4 is 5.71 Å². The maximum Gasteiger partial charge on any atom is 0.161 e. The number of hydrogen-bond donors (Lipinski definition) is 2. The molecule has 3 rings (SSSR count). The second-order valence-corrected chi connectivity index (χ2v) is 6.08. The fourth-order valence-corrected chi connectivity index (χ4v) is 3.11. The molecule has 5 heteroatoms. The van der Waals surface area contributed by atoms with Crippen LogP contribution in [0.2, 0.25) is 0 Å². The third-order valence-electron chi connectivity index (χ3n) is 4.09. The van der Waals surface area contributed by atoms with Crippen molar-refractivity contribution in [3.8, 4) is 11.5 Å². The van der Waals surface area contributed by atoms with Crippen molar-refractivity contribution in [2.75, 3.05) is 19.7 Å². The van der Waals surface area contributed by atoms with Crippen molar-refractivity contribution in [1.29, 1.82) is 0 Å². The van der Waals surface area contributed by atoms with Gasteiger partial charge in [0.05, 0.1) is 18.8 Å². The van der Waals surface area contributed by atoms with Gasteiger partial charge in [0.25, 0.3) is 0 Å². The zero-order valence-corrected chi connectivity index (χ0v) is 13.6. The molecule has 1 fully saturated rings. The molecular weight excluding hydrogens is 278 g/mol. The van der Waals surface area contributed by atoms with Crippen LogP contribution in [0.4, 0.5) is 0 Å². The summed E-state index contributed by atoms with van der Waals surface area (Å²) in [6.45, 7) is 8.67. The molecule has 0 amide bonds. The molecule has 0 aromatic heterocycles. The molecule has 5 nitrogen and oxygen atoms in total. The topological polar surface area (TPSA) is 54.9 Å². The minimum atomic E-state index is 0.132. The molecule has 0 saturated carbocycles. The van der Waals surface area contributed by atoms with E-state index in [0.717, 1.165) is 31.0 Å². The van der Waals surface area contributed by atoms with Gasteiger partial charge in [0.1, 0.15) is 0 Å². The molecule has 1 aromatic rings. The average molecular weight is 303 g/mol. The smallest absolute Gasteiger partial charge is 0.161 e. The average Bonchev–Trinajstić information content (AvgIpc) is 2.93. The normalized spacial score (nSPS) is 23.7. The summed E-state index contributed by atoms with van der Waals surface area (Å²) in [5, 5.41) is 7.97. The number of nitrogens with zero attached hydrogens (tertiary/aromatic N) is 1. The zero-order valence-electron chi connectivity index (χ0n) is 13.6. The van der Waals surface area contributed by atoms with Crippen LogP contribution in [0.15, 0.2) is 23.3 Å². The Bertz CT molecular complexity index is 557. The molecule has 2 unspecified atom stereocenters. The monoisotopic (exact) mass is 303 g/mol. The molecular formula is C17H25N3O2. The first-order valence-corrected chi connectivity index (χ1v) is 8.15. The van der Waals surface area contributed by atoms with Crippen LogP contribution in [0.25, 0.3) is 0 Å². The van der Waals surface area contributed by atoms with Crippen molar-refractivity contribution in [1.82, 2.24) is 10.7 Å². The molecule has 2 atom stereocenters. The van der Waals surface area contributed by atoms with Gasteiger partial charge in [-0.1, -0.05) is 6.07 Å². The zero-order chi connectivity index (χ0) is 15.5. The van der Waals surface area contributed by atoms with E-state index in [9.17, 15) is 0 Å². The van der Waals surface area contributed by atoms with Gasteiger partial charge in [0, 0.05) is 31.1 Å². The first-order valence-electron chi connectivity index (χ1n) is 8.15. The van der Waals surface area contributed by atoms with E-state index in [2.05, 4.69) is 28.0 Å². The van der Waals surface area contributed by atoms with Crippen LogP contribution < -0.4 is 20.2 Å². The third-order valence-corrected chi connectivity index (χ3v) is 4.09. The highest BCUT2D eigenvalue weighted by atomic mass is 16.5. The van der Waals surface area contributed by atoms with Gasteiger partial charge >= 0.3 is 0 Å². The van der Waals surface area contributed by atoms with E-state index < -0.39 is 0 Å². The Labute approximate surface area is 132 Å². The van der Waals surface area contributed by atoms with E-state index in [0.29, 0.717) is 12.5 Å². The highest BCUT2D eigenvalue weighted by Crippen LogP contribution is 2.36. The molecule has 120 valence electrons. The van der Waals surface area contributed by atoms with E-state index in [1.54, 1.807) is 0 Å². The van der Waals surface area contributed by atoms with Gasteiger partial charge in [0.2, 0.25) is 0 Å². The fraction of sp³-hybridized carbons (Fsp3) is 0.588. The van der Waals surface area contributed by atoms with E-state index in [1.165, 1.54) is 11.3 Å². The highest BCUT2D eigenvalue weighted by Gasteiger charge is 2.34. The van der Waals surface area contributed by atoms with Gasteiger partial charge in [-0.05, 0) is 38.5 Å². The molecule has 0 spiro atoms. The van der Waals surface area contributed by atoms with Crippen LogP contribution in [0.3, 0.4) is 0 Å². The lowest BCUT2D eigenvalue weighted by molar-refractivity contribution is 0.223. The van der Waals surface area contributed by atoms with E-state index >= 15 is 0 Å². The number of ether oxygens (including phenoxy) is 2. The number of piperidine rings is 1. The van der Waals surface area contributed by atoms with Crippen LogP contribution in [-0.4, -0.2) is 31.5 Å². The maximum atomic E-state index is 5.84. The lowest BCUT2D eigenvalue weighted by Crippen LogP contribution is -2.38. The number of hydrogen-bond acceptors (Lipinski definition) is 5. The van der Waals surface area contributed by atoms with Crippen LogP contribution in [0, 0.1) is 5.92 Å². The number of fused-ring (bicyclic) bond motifs is 1. The van der Waals surface area contributed by atoms with Gasteiger partial charge in [0.15, 0.2) is 11.5 Å². The summed E-state index contributed by atoms with van der Waals surface area (Å²) in [6.07, 6.45) is 1.16. The Morgan fingerprint density at radius 2 is 2.18 bits per heavy atom. The number of benzene rings is 1. The van der Waals surface area contributed by atoms with Crippen molar-refractivity contribution in [2.45, 2.75) is 39.3 Å². The summed E-state index contributed by atoms with van der Waals surface area (Å²) in [4.78, 5) is 0. The second-order valence-electron chi connectivity index (χ2n) is 6.08. The predicted octanol–water partition coefficient (Wildman–Crippen LogP) is 2.48. The van der Waals surface area contributed by atoms with Crippen LogP contribution in [0.1, 0.15) is 38.8 Å². The van der Waals surface area contributed by atoms with Crippen LogP contribution >= 0.6 is 0 Å². The summed E-state index contributed by atoms with van der Waals surface area (Å²) in [7, 11) is 0. The Hall–Kier alpha value is -1.75. The number of hydrazone groups is 1. The lowest BCUT2D eigenvalue weighted by Gasteiger charge is -2.26. The fourth-order valence-electron chi connectivity index (χ4n) is 3.11. The van der Waals surface area contributed by atoms with Gasteiger partial charge < -0.3 is 20.2 Å². The van der Waals surface area contributed by atoms with E-state index in [1.807, 2.05) is 26.8 Å². The molecule has 2 heterocycles. The first kappa shape index (κ1) is 15.2. The van der Waals surface area contributed by atoms with Crippen molar-refractivity contribution in [3.63, 3.8) is 0 Å². The molecule has 0 radical (unpaired) electrons. The van der Waals surface area contributed by atoms with Crippen LogP contribution in [-0.2, 0) is 0 Å². The maximum absolute atomic E-state index is 5.84. The predicted molar refractivity (Wildman–Crippen MR) is 87.7 cm³/mol. The summed E-state index contributed by atoms with van der Waals surface area (Å²) in [5.74, 6) is 2.05. The minimum absolute atomic E-state index is 0.132. The van der Waals surface area contributed by atoms with Gasteiger partial charge in [-0.15, -0.1) is 0 Å². The van der Waals surface area contributed by atoms with Crippen molar-refractivity contribution < 1.29 is 9.47 Å². The quantitative estimate of drug-likeness (QED) is 0.877. The van der Waals surface area contributed by atoms with Crippen LogP contribution in [0.5, 0.6) is 11.5 Å². The lowest BCUT2D eigenvalue weighted by atomic mass is 9.87. The molecule has 0 bridgehead atoms. The summed E-state index contributed by atoms with van der Waals surface area (Å²) < 4.78 is 11.6. The summed E-state index contributed by atoms with van der Waals surface area (Å²) in [5.41, 5.74) is 5.78. The molecule has 2 aliphatic heterocycles. The van der Waals surface area contributed by atoms with E-state index in [4.69, 9.17) is 9.47 Å². The second kappa shape index (κ2) is 6.57. The Morgan fingerprint density at radius 3 is 2.95 bits per heavy atom. The Kier molecular flexibility index (Phi) is 4.52. The third kappa shape index (κ3) is 3.04. The number of rotatable bonds is 5. The van der Waals surface area contributed by atoms with Gasteiger partial charge in [-0.3, -0.25) is 0 Å². The Balaban J connectivity index is 1.83. The molecule has 2 N–H and O–H groups in total. The van der Waals surface area contributed by atoms with E-state index in [-0.39, 0.29) is 12.1 Å². The first-order chi connectivity index (χ1) is 10.7. The summed E-state index contributed by atoms with van der Waals surface area (Å²) in [6, 6.07) is 6.43. The number of nitrogens with one attached hydrogen (secondary N) is 2. The van der Waals surface area contributed by atoms with Crippen molar-refractivity contribution in [2.24, 2.45) is 11.0 Å². The highest BCUT2D eigenvalue weighted by molar-refractivity contribution is 5.89. The largest absolute Gasteiger partial charge is 0.490 e. The minimum Gasteiger partial charge on any atom is -0.490 e. The molecule has 1 aromatic carbocycles. The molecule has 2 aliphatic rings. The van der Waals surface area contributed by atoms with Crippen molar-refractivity contribution in [3.05, 3.63) is 23.8 Å². The molecule has 22 heavy (non-hydrogen) atoms. The standard InChI is InChI=1S/C17H25N3O2/c1-4-21-16-9-12(5-6-15(16)22-11(2)3)17-13-10-18-8-7-14(13)19-20-17/h5-6,9,11,13,17-18,20H,4,7-8,10H2,1-3H3. The summed E-state index contributed by atoms with van der Waals surface area (Å²) >= 11 is 0. The van der Waals surface area contributed by atoms with Gasteiger partial charge in [-0.2, -0.15) is 5.10 Å². The molecule has 0 aliphatic carbocycles. The molecule has 1 saturated heterocycles. The SMILES string of the molecule is CCOc1cc(C2NN=C3CCNCC32)ccc1OC(C)C. The van der Waals surface area contributed by atoms with Gasteiger partial charge in [-0.25, -0.2) is 0 Å². The Morgan fingerprint density at radius 1 is 1.32 bits per heavy atom.